The van der Waals surface area contributed by atoms with Gasteiger partial charge in [0.1, 0.15) is 12.1 Å². The van der Waals surface area contributed by atoms with Gasteiger partial charge >= 0.3 is 0 Å². The largest absolute Gasteiger partial charge is 0.370 e. The Morgan fingerprint density at radius 2 is 1.96 bits per heavy atom. The fourth-order valence-electron chi connectivity index (χ4n) is 5.36. The first-order valence-electron chi connectivity index (χ1n) is 8.62. The van der Waals surface area contributed by atoms with E-state index in [4.69, 9.17) is 9.53 Å². The number of ketones is 1. The van der Waals surface area contributed by atoms with E-state index in [1.165, 1.54) is 25.3 Å². The van der Waals surface area contributed by atoms with Crippen molar-refractivity contribution in [2.45, 2.75) is 58.2 Å². The molecule has 4 bridgehead atoms. The van der Waals surface area contributed by atoms with Gasteiger partial charge in [0.25, 0.3) is 0 Å². The number of hydrogen-bond donors (Lipinski definition) is 0. The van der Waals surface area contributed by atoms with Crippen LogP contribution >= 0.6 is 0 Å². The summed E-state index contributed by atoms with van der Waals surface area (Å²) < 4.78 is 6.37. The van der Waals surface area contributed by atoms with E-state index in [1.54, 1.807) is 6.92 Å². The highest BCUT2D eigenvalue weighted by Gasteiger charge is 2.66. The van der Waals surface area contributed by atoms with Crippen molar-refractivity contribution in [3.8, 4) is 0 Å². The summed E-state index contributed by atoms with van der Waals surface area (Å²) >= 11 is 0. The van der Waals surface area contributed by atoms with E-state index < -0.39 is 0 Å². The third-order valence-electron chi connectivity index (χ3n) is 6.06. The van der Waals surface area contributed by atoms with Crippen molar-refractivity contribution in [1.82, 2.24) is 0 Å². The number of ether oxygens (including phenoxy) is 1. The predicted molar refractivity (Wildman–Crippen MR) is 88.9 cm³/mol. The van der Waals surface area contributed by atoms with Gasteiger partial charge in [-0.15, -0.1) is 0 Å². The van der Waals surface area contributed by atoms with Crippen molar-refractivity contribution in [3.05, 3.63) is 35.9 Å². The van der Waals surface area contributed by atoms with Gasteiger partial charge in [0, 0.05) is 5.41 Å². The van der Waals surface area contributed by atoms with Crippen molar-refractivity contribution in [2.75, 3.05) is 0 Å². The molecule has 4 aliphatic rings. The Hall–Kier alpha value is -1.48. The second kappa shape index (κ2) is 6.20. The Morgan fingerprint density at radius 3 is 2.57 bits per heavy atom. The molecule has 1 aromatic carbocycles. The minimum absolute atomic E-state index is 0.00660. The Bertz CT molecular complexity index is 582. The predicted octanol–water partition coefficient (Wildman–Crippen LogP) is 3.95. The molecule has 3 nitrogen and oxygen atoms in total. The average molecular weight is 314 g/mol. The number of Topliss-reactive ketones (excluding diaryl/α,β-unsaturated/α-hetero) is 1. The van der Waals surface area contributed by atoms with Crippen LogP contribution in [0.2, 0.25) is 0 Å². The molecule has 0 amide bonds. The molecule has 0 radical (unpaired) electrons. The Kier molecular flexibility index (Phi) is 4.41. The van der Waals surface area contributed by atoms with E-state index in [2.05, 4.69) is 24.3 Å². The van der Waals surface area contributed by atoms with Gasteiger partial charge in [-0.2, -0.15) is 0 Å². The molecular formula is C20H26O3. The van der Waals surface area contributed by atoms with Crippen LogP contribution in [0.4, 0.5) is 0 Å². The van der Waals surface area contributed by atoms with Gasteiger partial charge in [-0.25, -0.2) is 0 Å². The van der Waals surface area contributed by atoms with Crippen LogP contribution in [0.1, 0.15) is 51.5 Å². The van der Waals surface area contributed by atoms with Gasteiger partial charge < -0.3 is 9.53 Å². The number of benzene rings is 1. The van der Waals surface area contributed by atoms with E-state index in [1.807, 2.05) is 6.07 Å². The maximum Gasteiger partial charge on any atom is 0.136 e. The molecule has 0 aliphatic heterocycles. The van der Waals surface area contributed by atoms with Gasteiger partial charge in [-0.05, 0) is 63.4 Å². The second-order valence-corrected chi connectivity index (χ2v) is 7.49. The molecule has 3 heteroatoms. The fraction of sp³-hybridized carbons (Fsp3) is 0.600. The summed E-state index contributed by atoms with van der Waals surface area (Å²) in [4.78, 5) is 21.0. The van der Waals surface area contributed by atoms with Crippen molar-refractivity contribution in [3.63, 3.8) is 0 Å². The number of aldehydes is 1. The first-order chi connectivity index (χ1) is 11.0. The highest BCUT2D eigenvalue weighted by molar-refractivity contribution is 5.84. The SMILES string of the molecule is CC(=O)C12CC3CC1CC(OCc1ccccc1)(C3)C2.CC=O. The molecule has 0 spiro atoms. The topological polar surface area (TPSA) is 43.4 Å². The minimum Gasteiger partial charge on any atom is -0.370 e. The molecule has 4 unspecified atom stereocenters. The molecule has 0 heterocycles. The molecule has 4 saturated carbocycles. The summed E-state index contributed by atoms with van der Waals surface area (Å²) in [5.74, 6) is 1.73. The zero-order valence-electron chi connectivity index (χ0n) is 14.1. The van der Waals surface area contributed by atoms with Crippen molar-refractivity contribution in [1.29, 1.82) is 0 Å². The molecule has 0 aromatic heterocycles. The lowest BCUT2D eigenvalue weighted by Crippen LogP contribution is -2.40. The normalized spacial score (nSPS) is 36.4. The van der Waals surface area contributed by atoms with Crippen LogP contribution in [0.25, 0.3) is 0 Å². The molecule has 124 valence electrons. The van der Waals surface area contributed by atoms with Crippen LogP contribution in [0, 0.1) is 17.3 Å². The second-order valence-electron chi connectivity index (χ2n) is 7.49. The molecule has 1 aromatic rings. The van der Waals surface area contributed by atoms with Gasteiger partial charge in [0.05, 0.1) is 12.2 Å². The van der Waals surface area contributed by atoms with Crippen LogP contribution in [0.5, 0.6) is 0 Å². The van der Waals surface area contributed by atoms with Crippen LogP contribution in [0.15, 0.2) is 30.3 Å². The molecule has 4 aliphatic carbocycles. The summed E-state index contributed by atoms with van der Waals surface area (Å²) in [5, 5.41) is 0. The molecular weight excluding hydrogens is 288 g/mol. The summed E-state index contributed by atoms with van der Waals surface area (Å²) in [6.45, 7) is 3.93. The molecule has 0 saturated heterocycles. The standard InChI is InChI=1S/C18H22O2.C2H4O/c1-13(19)18-9-15-7-16(18)10-17(8-15,12-18)20-11-14-5-3-2-4-6-14;1-2-3/h2-6,15-16H,7-12H2,1H3;2H,1H3. The van der Waals surface area contributed by atoms with E-state index in [0.29, 0.717) is 18.3 Å². The van der Waals surface area contributed by atoms with E-state index in [-0.39, 0.29) is 11.0 Å². The first kappa shape index (κ1) is 16.4. The molecule has 4 atom stereocenters. The zero-order chi connectivity index (χ0) is 16.5. The lowest BCUT2D eigenvalue weighted by atomic mass is 9.71. The van der Waals surface area contributed by atoms with Crippen LogP contribution in [-0.2, 0) is 20.9 Å². The highest BCUT2D eigenvalue weighted by Crippen LogP contribution is 2.68. The summed E-state index contributed by atoms with van der Waals surface area (Å²) in [6, 6.07) is 10.4. The lowest BCUT2D eigenvalue weighted by molar-refractivity contribution is -0.133. The monoisotopic (exact) mass is 314 g/mol. The zero-order valence-corrected chi connectivity index (χ0v) is 14.1. The minimum atomic E-state index is -0.0282. The Balaban J connectivity index is 0.000000485. The van der Waals surface area contributed by atoms with Crippen LogP contribution in [0.3, 0.4) is 0 Å². The summed E-state index contributed by atoms with van der Waals surface area (Å²) in [5.41, 5.74) is 1.20. The quantitative estimate of drug-likeness (QED) is 0.790. The van der Waals surface area contributed by atoms with Gasteiger partial charge in [-0.3, -0.25) is 4.79 Å². The van der Waals surface area contributed by atoms with Gasteiger partial charge in [0.15, 0.2) is 0 Å². The number of carbonyl (C=O) groups excluding carboxylic acids is 2. The fourth-order valence-corrected chi connectivity index (χ4v) is 5.36. The first-order valence-corrected chi connectivity index (χ1v) is 8.62. The van der Waals surface area contributed by atoms with Crippen LogP contribution < -0.4 is 0 Å². The summed E-state index contributed by atoms with van der Waals surface area (Å²) in [6.07, 6.45) is 6.39. The summed E-state index contributed by atoms with van der Waals surface area (Å²) in [7, 11) is 0. The average Bonchev–Trinajstić information content (AvgIpc) is 2.92. The maximum atomic E-state index is 12.2. The maximum absolute atomic E-state index is 12.2. The third-order valence-corrected chi connectivity index (χ3v) is 6.06. The van der Waals surface area contributed by atoms with Gasteiger partial charge in [0.2, 0.25) is 0 Å². The van der Waals surface area contributed by atoms with E-state index in [9.17, 15) is 4.79 Å². The highest BCUT2D eigenvalue weighted by atomic mass is 16.5. The number of carbonyl (C=O) groups is 2. The number of rotatable bonds is 4. The van der Waals surface area contributed by atoms with Gasteiger partial charge in [-0.1, -0.05) is 30.3 Å². The number of hydrogen-bond acceptors (Lipinski definition) is 3. The van der Waals surface area contributed by atoms with E-state index in [0.717, 1.165) is 31.5 Å². The smallest absolute Gasteiger partial charge is 0.136 e. The Labute approximate surface area is 138 Å². The van der Waals surface area contributed by atoms with E-state index >= 15 is 0 Å². The third kappa shape index (κ3) is 2.87. The van der Waals surface area contributed by atoms with Crippen LogP contribution in [-0.4, -0.2) is 17.7 Å². The van der Waals surface area contributed by atoms with Crippen molar-refractivity contribution < 1.29 is 14.3 Å². The molecule has 4 fully saturated rings. The molecule has 23 heavy (non-hydrogen) atoms. The van der Waals surface area contributed by atoms with Crippen molar-refractivity contribution in [2.24, 2.45) is 17.3 Å². The Morgan fingerprint density at radius 1 is 1.26 bits per heavy atom. The lowest BCUT2D eigenvalue weighted by Gasteiger charge is -2.40. The molecule has 0 N–H and O–H groups in total. The molecule has 5 rings (SSSR count). The van der Waals surface area contributed by atoms with Crippen molar-refractivity contribution >= 4 is 12.1 Å².